The van der Waals surface area contributed by atoms with Crippen molar-refractivity contribution in [3.05, 3.63) is 82.6 Å². The van der Waals surface area contributed by atoms with Crippen molar-refractivity contribution in [1.29, 1.82) is 0 Å². The molecule has 0 aliphatic rings. The lowest BCUT2D eigenvalue weighted by Gasteiger charge is -2.02. The van der Waals surface area contributed by atoms with Gasteiger partial charge in [0.05, 0.1) is 25.4 Å². The fourth-order valence-electron chi connectivity index (χ4n) is 2.35. The lowest BCUT2D eigenvalue weighted by atomic mass is 10.1. The summed E-state index contributed by atoms with van der Waals surface area (Å²) in [4.78, 5) is 11.5. The molecule has 3 rings (SSSR count). The van der Waals surface area contributed by atoms with E-state index >= 15 is 0 Å². The Bertz CT molecular complexity index is 917. The summed E-state index contributed by atoms with van der Waals surface area (Å²) in [7, 11) is 1.36. The fourth-order valence-corrected chi connectivity index (χ4v) is 2.55. The minimum atomic E-state index is -0.367. The van der Waals surface area contributed by atoms with Crippen LogP contribution in [-0.2, 0) is 11.3 Å². The molecule has 5 nitrogen and oxygen atoms in total. The first-order valence-corrected chi connectivity index (χ1v) is 8.33. The summed E-state index contributed by atoms with van der Waals surface area (Å²) in [6, 6.07) is 18.3. The van der Waals surface area contributed by atoms with E-state index in [0.29, 0.717) is 28.7 Å². The van der Waals surface area contributed by atoms with Crippen molar-refractivity contribution in [2.24, 2.45) is 5.10 Å². The first kappa shape index (κ1) is 17.8. The molecule has 0 radical (unpaired) electrons. The molecule has 0 fully saturated rings. The molecule has 1 N–H and O–H groups in total. The van der Waals surface area contributed by atoms with Crippen LogP contribution in [0, 0.1) is 0 Å². The molecule has 1 heterocycles. The number of furan rings is 1. The maximum Gasteiger partial charge on any atom is 0.337 e. The third-order valence-electron chi connectivity index (χ3n) is 3.73. The number of carbonyl (C=O) groups is 1. The van der Waals surface area contributed by atoms with Crippen LogP contribution in [0.15, 0.2) is 70.2 Å². The Morgan fingerprint density at radius 1 is 1.15 bits per heavy atom. The Balaban J connectivity index is 1.61. The zero-order valence-corrected chi connectivity index (χ0v) is 14.9. The van der Waals surface area contributed by atoms with Gasteiger partial charge in [-0.05, 0) is 35.9 Å². The molecular formula is C20H17ClN2O3. The fraction of sp³-hybridized carbons (Fsp3) is 0.100. The quantitative estimate of drug-likeness (QED) is 0.395. The van der Waals surface area contributed by atoms with E-state index in [-0.39, 0.29) is 5.97 Å². The van der Waals surface area contributed by atoms with Crippen LogP contribution in [0.3, 0.4) is 0 Å². The normalized spacial score (nSPS) is 10.8. The summed E-state index contributed by atoms with van der Waals surface area (Å²) in [5, 5.41) is 4.84. The monoisotopic (exact) mass is 368 g/mol. The molecule has 0 saturated carbocycles. The number of benzene rings is 2. The molecule has 26 heavy (non-hydrogen) atoms. The standard InChI is InChI=1S/C20H17ClN2O3/c1-25-20(24)15-8-6-14(7-9-15)19-11-10-17(26-19)13-23-22-12-16-4-2-3-5-18(16)21/h2-11,13,22H,12H2,1H3/b23-13-. The first-order chi connectivity index (χ1) is 12.7. The Labute approximate surface area is 156 Å². The molecule has 0 aliphatic carbocycles. The molecule has 0 amide bonds. The summed E-state index contributed by atoms with van der Waals surface area (Å²) < 4.78 is 10.4. The minimum absolute atomic E-state index is 0.367. The van der Waals surface area contributed by atoms with Gasteiger partial charge < -0.3 is 14.6 Å². The molecule has 0 saturated heterocycles. The second-order valence-corrected chi connectivity index (χ2v) is 5.86. The molecular weight excluding hydrogens is 352 g/mol. The van der Waals surface area contributed by atoms with Crippen LogP contribution in [-0.4, -0.2) is 19.3 Å². The van der Waals surface area contributed by atoms with Gasteiger partial charge in [0.15, 0.2) is 0 Å². The van der Waals surface area contributed by atoms with Gasteiger partial charge in [-0.25, -0.2) is 4.79 Å². The maximum absolute atomic E-state index is 11.5. The van der Waals surface area contributed by atoms with Crippen molar-refractivity contribution < 1.29 is 13.9 Å². The molecule has 2 aromatic carbocycles. The number of hydrazone groups is 1. The number of methoxy groups -OCH3 is 1. The number of carbonyl (C=O) groups excluding carboxylic acids is 1. The maximum atomic E-state index is 11.5. The van der Waals surface area contributed by atoms with Crippen LogP contribution in [0.1, 0.15) is 21.7 Å². The number of hydrogen-bond donors (Lipinski definition) is 1. The summed E-state index contributed by atoms with van der Waals surface area (Å²) >= 11 is 6.09. The lowest BCUT2D eigenvalue weighted by molar-refractivity contribution is 0.0600. The molecule has 0 aliphatic heterocycles. The Morgan fingerprint density at radius 2 is 1.92 bits per heavy atom. The van der Waals surface area contributed by atoms with Crippen molar-refractivity contribution in [3.63, 3.8) is 0 Å². The van der Waals surface area contributed by atoms with E-state index in [0.717, 1.165) is 11.1 Å². The van der Waals surface area contributed by atoms with E-state index in [9.17, 15) is 4.79 Å². The summed E-state index contributed by atoms with van der Waals surface area (Å²) in [6.45, 7) is 0.527. The zero-order valence-electron chi connectivity index (χ0n) is 14.1. The zero-order chi connectivity index (χ0) is 18.4. The molecule has 0 bridgehead atoms. The predicted octanol–water partition coefficient (Wildman–Crippen LogP) is 4.51. The van der Waals surface area contributed by atoms with Gasteiger partial charge >= 0.3 is 5.97 Å². The van der Waals surface area contributed by atoms with Gasteiger partial charge in [-0.3, -0.25) is 0 Å². The second-order valence-electron chi connectivity index (χ2n) is 5.46. The van der Waals surface area contributed by atoms with Gasteiger partial charge in [-0.15, -0.1) is 0 Å². The van der Waals surface area contributed by atoms with Crippen molar-refractivity contribution >= 4 is 23.8 Å². The number of ether oxygens (including phenoxy) is 1. The van der Waals surface area contributed by atoms with Gasteiger partial charge in [0.1, 0.15) is 11.5 Å². The second kappa shape index (κ2) is 8.36. The number of rotatable bonds is 6. The Hall–Kier alpha value is -3.05. The SMILES string of the molecule is COC(=O)c1ccc(-c2ccc(/C=N\NCc3ccccc3Cl)o2)cc1. The van der Waals surface area contributed by atoms with Gasteiger partial charge in [-0.2, -0.15) is 5.10 Å². The third-order valence-corrected chi connectivity index (χ3v) is 4.10. The van der Waals surface area contributed by atoms with Crippen LogP contribution >= 0.6 is 11.6 Å². The number of esters is 1. The smallest absolute Gasteiger partial charge is 0.337 e. The first-order valence-electron chi connectivity index (χ1n) is 7.95. The highest BCUT2D eigenvalue weighted by atomic mass is 35.5. The summed E-state index contributed by atoms with van der Waals surface area (Å²) in [5.41, 5.74) is 5.27. The topological polar surface area (TPSA) is 63.8 Å². The summed E-state index contributed by atoms with van der Waals surface area (Å²) in [6.07, 6.45) is 1.60. The van der Waals surface area contributed by atoms with E-state index in [2.05, 4.69) is 15.3 Å². The average Bonchev–Trinajstić information content (AvgIpc) is 3.15. The van der Waals surface area contributed by atoms with Crippen molar-refractivity contribution in [3.8, 4) is 11.3 Å². The highest BCUT2D eigenvalue weighted by Gasteiger charge is 2.07. The number of nitrogens with one attached hydrogen (secondary N) is 1. The minimum Gasteiger partial charge on any atom is -0.465 e. The van der Waals surface area contributed by atoms with Crippen LogP contribution in [0.5, 0.6) is 0 Å². The highest BCUT2D eigenvalue weighted by molar-refractivity contribution is 6.31. The molecule has 1 aromatic heterocycles. The van der Waals surface area contributed by atoms with E-state index in [1.165, 1.54) is 7.11 Å². The van der Waals surface area contributed by atoms with E-state index in [1.807, 2.05) is 48.5 Å². The lowest BCUT2D eigenvalue weighted by Crippen LogP contribution is -2.05. The molecule has 0 atom stereocenters. The predicted molar refractivity (Wildman–Crippen MR) is 101 cm³/mol. The third kappa shape index (κ3) is 4.32. The van der Waals surface area contributed by atoms with Gasteiger partial charge in [0.25, 0.3) is 0 Å². The van der Waals surface area contributed by atoms with Gasteiger partial charge in [0.2, 0.25) is 0 Å². The largest absolute Gasteiger partial charge is 0.465 e. The van der Waals surface area contributed by atoms with Crippen LogP contribution in [0.25, 0.3) is 11.3 Å². The van der Waals surface area contributed by atoms with Gasteiger partial charge in [0, 0.05) is 10.6 Å². The highest BCUT2D eigenvalue weighted by Crippen LogP contribution is 2.22. The number of hydrogen-bond acceptors (Lipinski definition) is 5. The van der Waals surface area contributed by atoms with Crippen LogP contribution in [0.4, 0.5) is 0 Å². The van der Waals surface area contributed by atoms with Crippen molar-refractivity contribution in [2.45, 2.75) is 6.54 Å². The molecule has 3 aromatic rings. The van der Waals surface area contributed by atoms with Crippen molar-refractivity contribution in [2.75, 3.05) is 7.11 Å². The number of halogens is 1. The van der Waals surface area contributed by atoms with E-state index in [1.54, 1.807) is 18.3 Å². The Morgan fingerprint density at radius 3 is 2.65 bits per heavy atom. The van der Waals surface area contributed by atoms with E-state index in [4.69, 9.17) is 16.0 Å². The van der Waals surface area contributed by atoms with Gasteiger partial charge in [-0.1, -0.05) is 41.9 Å². The molecule has 6 heteroatoms. The molecule has 0 unspecified atom stereocenters. The van der Waals surface area contributed by atoms with E-state index < -0.39 is 0 Å². The Kier molecular flexibility index (Phi) is 5.71. The van der Waals surface area contributed by atoms with Crippen LogP contribution in [0.2, 0.25) is 5.02 Å². The van der Waals surface area contributed by atoms with Crippen LogP contribution < -0.4 is 5.43 Å². The number of nitrogens with zero attached hydrogens (tertiary/aromatic N) is 1. The average molecular weight is 369 g/mol. The molecule has 132 valence electrons. The molecule has 0 spiro atoms. The summed E-state index contributed by atoms with van der Waals surface area (Å²) in [5.74, 6) is 0.936. The van der Waals surface area contributed by atoms with Crippen molar-refractivity contribution in [1.82, 2.24) is 5.43 Å².